The number of carboxylic acids is 1. The third-order valence-corrected chi connectivity index (χ3v) is 4.87. The maximum atomic E-state index is 12.7. The van der Waals surface area contributed by atoms with Gasteiger partial charge >= 0.3 is 12.1 Å². The van der Waals surface area contributed by atoms with E-state index in [1.165, 1.54) is 12.1 Å². The van der Waals surface area contributed by atoms with Crippen molar-refractivity contribution in [1.82, 2.24) is 5.32 Å². The summed E-state index contributed by atoms with van der Waals surface area (Å²) in [5.74, 6) is -1.25. The van der Waals surface area contributed by atoms with E-state index in [9.17, 15) is 27.9 Å². The summed E-state index contributed by atoms with van der Waals surface area (Å²) in [6, 6.07) is 19.5. The SMILES string of the molecule is O=C(Cc1ccc(C(F)(F)F)cc1)N[C@H](Cc1cccc(OCc2ccccc2)c1)C(=O)O. The molecule has 0 saturated heterocycles. The van der Waals surface area contributed by atoms with Gasteiger partial charge in [0.1, 0.15) is 18.4 Å². The maximum Gasteiger partial charge on any atom is 0.416 e. The van der Waals surface area contributed by atoms with Crippen molar-refractivity contribution < 1.29 is 32.6 Å². The number of rotatable bonds is 9. The second-order valence-corrected chi connectivity index (χ2v) is 7.46. The fourth-order valence-corrected chi connectivity index (χ4v) is 3.18. The molecule has 0 aliphatic rings. The molecule has 5 nitrogen and oxygen atoms in total. The van der Waals surface area contributed by atoms with Crippen molar-refractivity contribution in [2.75, 3.05) is 0 Å². The van der Waals surface area contributed by atoms with Crippen LogP contribution >= 0.6 is 0 Å². The molecule has 2 N–H and O–H groups in total. The highest BCUT2D eigenvalue weighted by molar-refractivity contribution is 5.85. The van der Waals surface area contributed by atoms with Crippen LogP contribution in [-0.4, -0.2) is 23.0 Å². The summed E-state index contributed by atoms with van der Waals surface area (Å²) in [6.07, 6.45) is -4.67. The summed E-state index contributed by atoms with van der Waals surface area (Å²) in [7, 11) is 0. The van der Waals surface area contributed by atoms with Gasteiger partial charge in [-0.15, -0.1) is 0 Å². The largest absolute Gasteiger partial charge is 0.489 e. The zero-order valence-corrected chi connectivity index (χ0v) is 17.5. The number of nitrogens with one attached hydrogen (secondary N) is 1. The normalized spacial score (nSPS) is 12.1. The lowest BCUT2D eigenvalue weighted by Crippen LogP contribution is -2.43. The Labute approximate surface area is 188 Å². The Balaban J connectivity index is 1.59. The monoisotopic (exact) mass is 457 g/mol. The number of carbonyl (C=O) groups is 2. The number of carbonyl (C=O) groups excluding carboxylic acids is 1. The molecule has 0 spiro atoms. The van der Waals surface area contributed by atoms with Crippen LogP contribution in [0.2, 0.25) is 0 Å². The molecule has 0 radical (unpaired) electrons. The Bertz CT molecular complexity index is 1080. The van der Waals surface area contributed by atoms with Gasteiger partial charge in [0.05, 0.1) is 12.0 Å². The van der Waals surface area contributed by atoms with Gasteiger partial charge < -0.3 is 15.2 Å². The lowest BCUT2D eigenvalue weighted by Gasteiger charge is -2.16. The number of hydrogen-bond acceptors (Lipinski definition) is 3. The first-order valence-corrected chi connectivity index (χ1v) is 10.1. The highest BCUT2D eigenvalue weighted by Crippen LogP contribution is 2.29. The Morgan fingerprint density at radius 3 is 2.18 bits per heavy atom. The fraction of sp³-hybridized carbons (Fsp3) is 0.200. The molecule has 1 amide bonds. The van der Waals surface area contributed by atoms with E-state index in [0.717, 1.165) is 17.7 Å². The molecule has 0 saturated carbocycles. The van der Waals surface area contributed by atoms with Crippen LogP contribution in [0, 0.1) is 0 Å². The average Bonchev–Trinajstić information content (AvgIpc) is 2.78. The predicted octanol–water partition coefficient (Wildman–Crippen LogP) is 4.64. The molecular weight excluding hydrogens is 435 g/mol. The molecule has 0 heterocycles. The number of ether oxygens (including phenoxy) is 1. The number of carboxylic acid groups (broad SMARTS) is 1. The van der Waals surface area contributed by atoms with E-state index in [4.69, 9.17) is 4.74 Å². The van der Waals surface area contributed by atoms with Crippen molar-refractivity contribution in [3.05, 3.63) is 101 Å². The Kier molecular flexibility index (Phi) is 7.71. The molecule has 172 valence electrons. The van der Waals surface area contributed by atoms with E-state index in [-0.39, 0.29) is 12.8 Å². The molecule has 8 heteroatoms. The minimum atomic E-state index is -4.46. The molecule has 0 aliphatic heterocycles. The number of hydrogen-bond donors (Lipinski definition) is 2. The van der Waals surface area contributed by atoms with Gasteiger partial charge in [-0.2, -0.15) is 13.2 Å². The number of alkyl halides is 3. The van der Waals surface area contributed by atoms with Crippen LogP contribution in [0.15, 0.2) is 78.9 Å². The fourth-order valence-electron chi connectivity index (χ4n) is 3.18. The van der Waals surface area contributed by atoms with Gasteiger partial charge in [0.15, 0.2) is 0 Å². The van der Waals surface area contributed by atoms with Gasteiger partial charge in [0.2, 0.25) is 5.91 Å². The van der Waals surface area contributed by atoms with Crippen LogP contribution in [0.5, 0.6) is 5.75 Å². The zero-order chi connectivity index (χ0) is 23.8. The van der Waals surface area contributed by atoms with E-state index < -0.39 is 29.7 Å². The molecule has 3 aromatic rings. The van der Waals surface area contributed by atoms with Gasteiger partial charge in [-0.1, -0.05) is 54.6 Å². The summed E-state index contributed by atoms with van der Waals surface area (Å²) in [5.41, 5.74) is 1.18. The van der Waals surface area contributed by atoms with Crippen LogP contribution in [0.1, 0.15) is 22.3 Å². The summed E-state index contributed by atoms with van der Waals surface area (Å²) < 4.78 is 43.7. The van der Waals surface area contributed by atoms with Crippen molar-refractivity contribution in [3.8, 4) is 5.75 Å². The third kappa shape index (κ3) is 7.38. The first-order chi connectivity index (χ1) is 15.7. The molecule has 0 aliphatic carbocycles. The third-order valence-electron chi connectivity index (χ3n) is 4.87. The van der Waals surface area contributed by atoms with Gasteiger partial charge in [-0.25, -0.2) is 4.79 Å². The van der Waals surface area contributed by atoms with E-state index >= 15 is 0 Å². The summed E-state index contributed by atoms with van der Waals surface area (Å²) in [4.78, 5) is 24.0. The highest BCUT2D eigenvalue weighted by Gasteiger charge is 2.30. The molecule has 0 fully saturated rings. The molecule has 3 aromatic carbocycles. The molecular formula is C25H22F3NO4. The molecule has 0 bridgehead atoms. The van der Waals surface area contributed by atoms with Crippen molar-refractivity contribution in [3.63, 3.8) is 0 Å². The van der Waals surface area contributed by atoms with E-state index in [2.05, 4.69) is 5.32 Å². The summed E-state index contributed by atoms with van der Waals surface area (Å²) in [6.45, 7) is 0.358. The van der Waals surface area contributed by atoms with E-state index in [1.807, 2.05) is 30.3 Å². The van der Waals surface area contributed by atoms with Gasteiger partial charge in [-0.05, 0) is 41.0 Å². The lowest BCUT2D eigenvalue weighted by atomic mass is 10.0. The van der Waals surface area contributed by atoms with Gasteiger partial charge in [-0.3, -0.25) is 4.79 Å². The van der Waals surface area contributed by atoms with E-state index in [1.54, 1.807) is 24.3 Å². The standard InChI is InChI=1S/C25H22F3NO4/c26-25(27,28)20-11-9-17(10-12-20)15-23(30)29-22(24(31)32)14-19-7-4-8-21(13-19)33-16-18-5-2-1-3-6-18/h1-13,22H,14-16H2,(H,29,30)(H,31,32)/t22-/m1/s1. The minimum absolute atomic E-state index is 0.0244. The second-order valence-electron chi connectivity index (χ2n) is 7.46. The quantitative estimate of drug-likeness (QED) is 0.491. The Morgan fingerprint density at radius 1 is 0.879 bits per heavy atom. The van der Waals surface area contributed by atoms with Crippen molar-refractivity contribution >= 4 is 11.9 Å². The average molecular weight is 457 g/mol. The Morgan fingerprint density at radius 2 is 1.55 bits per heavy atom. The number of benzene rings is 3. The zero-order valence-electron chi connectivity index (χ0n) is 17.5. The van der Waals surface area contributed by atoms with Crippen LogP contribution < -0.4 is 10.1 Å². The topological polar surface area (TPSA) is 75.6 Å². The summed E-state index contributed by atoms with van der Waals surface area (Å²) in [5, 5.41) is 12.0. The lowest BCUT2D eigenvalue weighted by molar-refractivity contribution is -0.141. The van der Waals surface area contributed by atoms with Crippen LogP contribution in [-0.2, 0) is 35.2 Å². The van der Waals surface area contributed by atoms with Gasteiger partial charge in [0, 0.05) is 6.42 Å². The predicted molar refractivity (Wildman–Crippen MR) is 116 cm³/mol. The van der Waals surface area contributed by atoms with Crippen molar-refractivity contribution in [2.24, 2.45) is 0 Å². The molecule has 0 unspecified atom stereocenters. The van der Waals surface area contributed by atoms with Crippen LogP contribution in [0.25, 0.3) is 0 Å². The summed E-state index contributed by atoms with van der Waals surface area (Å²) >= 11 is 0. The molecule has 33 heavy (non-hydrogen) atoms. The molecule has 0 aromatic heterocycles. The smallest absolute Gasteiger partial charge is 0.416 e. The Hall–Kier alpha value is -3.81. The molecule has 3 rings (SSSR count). The second kappa shape index (κ2) is 10.7. The highest BCUT2D eigenvalue weighted by atomic mass is 19.4. The van der Waals surface area contributed by atoms with Crippen LogP contribution in [0.4, 0.5) is 13.2 Å². The number of amides is 1. The first-order valence-electron chi connectivity index (χ1n) is 10.1. The van der Waals surface area contributed by atoms with E-state index in [0.29, 0.717) is 23.5 Å². The molecule has 1 atom stereocenters. The van der Waals surface area contributed by atoms with Gasteiger partial charge in [0.25, 0.3) is 0 Å². The number of aliphatic carboxylic acids is 1. The maximum absolute atomic E-state index is 12.7. The first kappa shape index (κ1) is 23.8. The number of halogens is 3. The van der Waals surface area contributed by atoms with Crippen LogP contribution in [0.3, 0.4) is 0 Å². The minimum Gasteiger partial charge on any atom is -0.489 e. The van der Waals surface area contributed by atoms with Crippen molar-refractivity contribution in [1.29, 1.82) is 0 Å². The van der Waals surface area contributed by atoms with Crippen molar-refractivity contribution in [2.45, 2.75) is 31.7 Å².